The first-order valence-corrected chi connectivity index (χ1v) is 5.65. The topological polar surface area (TPSA) is 50.9 Å². The summed E-state index contributed by atoms with van der Waals surface area (Å²) in [5.41, 5.74) is 6.76. The van der Waals surface area contributed by atoms with Crippen molar-refractivity contribution in [3.63, 3.8) is 0 Å². The summed E-state index contributed by atoms with van der Waals surface area (Å²) in [6.07, 6.45) is 0.838. The summed E-state index contributed by atoms with van der Waals surface area (Å²) in [6.45, 7) is 5.70. The van der Waals surface area contributed by atoms with Gasteiger partial charge in [0.25, 0.3) is 0 Å². The van der Waals surface area contributed by atoms with Crippen LogP contribution in [-0.2, 0) is 6.42 Å². The van der Waals surface area contributed by atoms with E-state index >= 15 is 0 Å². The van der Waals surface area contributed by atoms with Gasteiger partial charge in [0.1, 0.15) is 5.82 Å². The number of nitrogen functional groups attached to an aromatic ring is 1. The molecule has 0 spiro atoms. The normalized spacial score (nSPS) is 10.9. The summed E-state index contributed by atoms with van der Waals surface area (Å²) in [4.78, 5) is 4.48. The predicted molar refractivity (Wildman–Crippen MR) is 68.4 cm³/mol. The number of anilines is 1. The van der Waals surface area contributed by atoms with Crippen LogP contribution in [0.5, 0.6) is 0 Å². The van der Waals surface area contributed by atoms with Crippen LogP contribution < -0.4 is 11.3 Å². The third-order valence-electron chi connectivity index (χ3n) is 3.15. The molecule has 2 rings (SSSR count). The van der Waals surface area contributed by atoms with Crippen molar-refractivity contribution in [3.05, 3.63) is 34.8 Å². The number of hydrogen-bond acceptors (Lipinski definition) is 3. The van der Waals surface area contributed by atoms with E-state index in [1.54, 1.807) is 13.0 Å². The predicted octanol–water partition coefficient (Wildman–Crippen LogP) is 2.84. The lowest BCUT2D eigenvalue weighted by atomic mass is 10.0. The molecule has 0 amide bonds. The van der Waals surface area contributed by atoms with Crippen LogP contribution in [0.25, 0.3) is 10.9 Å². The van der Waals surface area contributed by atoms with Gasteiger partial charge in [-0.25, -0.2) is 4.39 Å². The lowest BCUT2D eigenvalue weighted by molar-refractivity contribution is 0.620. The van der Waals surface area contributed by atoms with Gasteiger partial charge in [0.05, 0.1) is 11.2 Å². The van der Waals surface area contributed by atoms with Gasteiger partial charge < -0.3 is 5.43 Å². The second-order valence-electron chi connectivity index (χ2n) is 4.12. The van der Waals surface area contributed by atoms with Crippen molar-refractivity contribution in [3.8, 4) is 0 Å². The van der Waals surface area contributed by atoms with Crippen molar-refractivity contribution in [2.24, 2.45) is 5.84 Å². The summed E-state index contributed by atoms with van der Waals surface area (Å²) in [7, 11) is 0. The molecule has 0 saturated heterocycles. The Morgan fingerprint density at radius 3 is 2.65 bits per heavy atom. The van der Waals surface area contributed by atoms with Crippen LogP contribution in [-0.4, -0.2) is 4.98 Å². The van der Waals surface area contributed by atoms with Crippen molar-refractivity contribution in [2.45, 2.75) is 27.2 Å². The lowest BCUT2D eigenvalue weighted by Gasteiger charge is -2.14. The van der Waals surface area contributed by atoms with E-state index in [4.69, 9.17) is 5.84 Å². The molecule has 0 unspecified atom stereocenters. The Bertz CT molecular complexity index is 579. The number of nitrogens with one attached hydrogen (secondary N) is 1. The highest BCUT2D eigenvalue weighted by Crippen LogP contribution is 2.30. The summed E-state index contributed by atoms with van der Waals surface area (Å²) in [6, 6.07) is 3.17. The molecule has 17 heavy (non-hydrogen) atoms. The maximum Gasteiger partial charge on any atom is 0.128 e. The Morgan fingerprint density at radius 1 is 1.35 bits per heavy atom. The SMILES string of the molecule is CCc1c(C)nc2c(C)c(F)ccc2c1NN. The summed E-state index contributed by atoms with van der Waals surface area (Å²) >= 11 is 0. The maximum atomic E-state index is 13.5. The second-order valence-corrected chi connectivity index (χ2v) is 4.12. The van der Waals surface area contributed by atoms with Gasteiger partial charge in [-0.15, -0.1) is 0 Å². The molecular formula is C13H16FN3. The molecule has 3 N–H and O–H groups in total. The van der Waals surface area contributed by atoms with Gasteiger partial charge in [0.15, 0.2) is 0 Å². The number of halogens is 1. The minimum atomic E-state index is -0.239. The highest BCUT2D eigenvalue weighted by molar-refractivity contribution is 5.95. The molecule has 3 nitrogen and oxygen atoms in total. The van der Waals surface area contributed by atoms with E-state index in [1.165, 1.54) is 6.07 Å². The van der Waals surface area contributed by atoms with E-state index in [0.717, 1.165) is 28.8 Å². The van der Waals surface area contributed by atoms with Gasteiger partial charge in [0, 0.05) is 16.6 Å². The van der Waals surface area contributed by atoms with Crippen molar-refractivity contribution in [1.29, 1.82) is 0 Å². The molecule has 1 aromatic heterocycles. The number of pyridine rings is 1. The lowest BCUT2D eigenvalue weighted by Crippen LogP contribution is -2.12. The highest BCUT2D eigenvalue weighted by atomic mass is 19.1. The number of rotatable bonds is 2. The van der Waals surface area contributed by atoms with Crippen molar-refractivity contribution < 1.29 is 4.39 Å². The Kier molecular flexibility index (Phi) is 2.98. The summed E-state index contributed by atoms with van der Waals surface area (Å²) < 4.78 is 13.5. The largest absolute Gasteiger partial charge is 0.323 e. The average molecular weight is 233 g/mol. The van der Waals surface area contributed by atoms with Gasteiger partial charge in [0.2, 0.25) is 0 Å². The van der Waals surface area contributed by atoms with Crippen LogP contribution in [0, 0.1) is 19.7 Å². The molecule has 0 aliphatic carbocycles. The van der Waals surface area contributed by atoms with Crippen LogP contribution in [0.4, 0.5) is 10.1 Å². The third kappa shape index (κ3) is 1.74. The number of benzene rings is 1. The molecule has 1 aromatic carbocycles. The quantitative estimate of drug-likeness (QED) is 0.619. The minimum absolute atomic E-state index is 0.239. The van der Waals surface area contributed by atoms with E-state index < -0.39 is 0 Å². The van der Waals surface area contributed by atoms with Crippen LogP contribution in [0.3, 0.4) is 0 Å². The zero-order valence-corrected chi connectivity index (χ0v) is 10.3. The fourth-order valence-corrected chi connectivity index (χ4v) is 2.20. The van der Waals surface area contributed by atoms with Gasteiger partial charge in [-0.05, 0) is 38.0 Å². The molecule has 0 saturated carbocycles. The van der Waals surface area contributed by atoms with Gasteiger partial charge >= 0.3 is 0 Å². The molecule has 90 valence electrons. The molecule has 0 fully saturated rings. The van der Waals surface area contributed by atoms with E-state index in [0.29, 0.717) is 11.1 Å². The first-order valence-electron chi connectivity index (χ1n) is 5.65. The molecule has 0 atom stereocenters. The van der Waals surface area contributed by atoms with Crippen molar-refractivity contribution in [2.75, 3.05) is 5.43 Å². The van der Waals surface area contributed by atoms with Crippen LogP contribution >= 0.6 is 0 Å². The summed E-state index contributed by atoms with van der Waals surface area (Å²) in [5.74, 6) is 5.34. The first-order chi connectivity index (χ1) is 8.10. The Labute approximate surface area is 99.8 Å². The van der Waals surface area contributed by atoms with Gasteiger partial charge in [-0.1, -0.05) is 6.92 Å². The standard InChI is InChI=1S/C13H16FN3/c1-4-9-8(3)16-12-7(2)11(14)6-5-10(12)13(9)17-15/h5-6H,4,15H2,1-3H3,(H,16,17). The zero-order chi connectivity index (χ0) is 12.6. The van der Waals surface area contributed by atoms with Crippen LogP contribution in [0.1, 0.15) is 23.7 Å². The molecule has 0 aliphatic rings. The maximum absolute atomic E-state index is 13.5. The first kappa shape index (κ1) is 11.8. The minimum Gasteiger partial charge on any atom is -0.323 e. The number of hydrazine groups is 1. The Hall–Kier alpha value is -1.68. The fourth-order valence-electron chi connectivity index (χ4n) is 2.20. The van der Waals surface area contributed by atoms with Crippen molar-refractivity contribution in [1.82, 2.24) is 4.98 Å². The molecule has 0 aliphatic heterocycles. The highest BCUT2D eigenvalue weighted by Gasteiger charge is 2.13. The van der Waals surface area contributed by atoms with Crippen LogP contribution in [0.15, 0.2) is 12.1 Å². The number of nitrogens with zero attached hydrogens (tertiary/aromatic N) is 1. The number of fused-ring (bicyclic) bond motifs is 1. The van der Waals surface area contributed by atoms with Crippen molar-refractivity contribution >= 4 is 16.6 Å². The van der Waals surface area contributed by atoms with Gasteiger partial charge in [-0.3, -0.25) is 10.8 Å². The average Bonchev–Trinajstić information content (AvgIpc) is 2.33. The smallest absolute Gasteiger partial charge is 0.128 e. The number of aryl methyl sites for hydroxylation is 2. The number of hydrogen-bond donors (Lipinski definition) is 2. The Morgan fingerprint density at radius 2 is 2.06 bits per heavy atom. The molecular weight excluding hydrogens is 217 g/mol. The fraction of sp³-hybridized carbons (Fsp3) is 0.308. The summed E-state index contributed by atoms with van der Waals surface area (Å²) in [5, 5.41) is 0.869. The monoisotopic (exact) mass is 233 g/mol. The van der Waals surface area contributed by atoms with E-state index in [1.807, 2.05) is 13.8 Å². The molecule has 2 aromatic rings. The third-order valence-corrected chi connectivity index (χ3v) is 3.15. The molecule has 0 radical (unpaired) electrons. The van der Waals surface area contributed by atoms with E-state index in [2.05, 4.69) is 10.4 Å². The van der Waals surface area contributed by atoms with E-state index in [-0.39, 0.29) is 5.82 Å². The molecule has 0 bridgehead atoms. The second kappa shape index (κ2) is 4.30. The van der Waals surface area contributed by atoms with Crippen LogP contribution in [0.2, 0.25) is 0 Å². The molecule has 4 heteroatoms. The molecule has 1 heterocycles. The Balaban J connectivity index is 2.92. The zero-order valence-electron chi connectivity index (χ0n) is 10.3. The van der Waals surface area contributed by atoms with Gasteiger partial charge in [-0.2, -0.15) is 0 Å². The number of aromatic nitrogens is 1. The van der Waals surface area contributed by atoms with E-state index in [9.17, 15) is 4.39 Å². The number of nitrogens with two attached hydrogens (primary N) is 1.